The Labute approximate surface area is 120 Å². The summed E-state index contributed by atoms with van der Waals surface area (Å²) in [4.78, 5) is 0.353. The van der Waals surface area contributed by atoms with E-state index in [4.69, 9.17) is 4.74 Å². The fraction of sp³-hybridized carbons (Fsp3) is 0.250. The molecule has 0 N–H and O–H groups in total. The zero-order valence-corrected chi connectivity index (χ0v) is 12.3. The molecule has 106 valence electrons. The summed E-state index contributed by atoms with van der Waals surface area (Å²) in [5.74, 6) is 1.56. The van der Waals surface area contributed by atoms with Crippen molar-refractivity contribution in [3.63, 3.8) is 0 Å². The van der Waals surface area contributed by atoms with Crippen LogP contribution in [0.25, 0.3) is 0 Å². The van der Waals surface area contributed by atoms with Crippen molar-refractivity contribution in [2.75, 3.05) is 5.75 Å². The molecule has 2 aromatic carbocycles. The molecule has 0 heterocycles. The van der Waals surface area contributed by atoms with Gasteiger partial charge in [0.2, 0.25) is 0 Å². The molecule has 0 aromatic heterocycles. The molecule has 3 nitrogen and oxygen atoms in total. The predicted octanol–water partition coefficient (Wildman–Crippen LogP) is 4.05. The van der Waals surface area contributed by atoms with Crippen LogP contribution in [0.4, 0.5) is 0 Å². The Bertz CT molecular complexity index is 631. The minimum atomic E-state index is -3.17. The molecule has 0 bridgehead atoms. The maximum absolute atomic E-state index is 12.0. The molecule has 0 radical (unpaired) electrons. The molecule has 2 aromatic rings. The fourth-order valence-electron chi connectivity index (χ4n) is 1.79. The molecule has 0 atom stereocenters. The second-order valence-electron chi connectivity index (χ2n) is 4.56. The van der Waals surface area contributed by atoms with E-state index in [1.54, 1.807) is 24.3 Å². The van der Waals surface area contributed by atoms with Gasteiger partial charge in [-0.25, -0.2) is 8.42 Å². The van der Waals surface area contributed by atoms with Crippen molar-refractivity contribution in [1.29, 1.82) is 0 Å². The van der Waals surface area contributed by atoms with E-state index in [1.165, 1.54) is 0 Å². The summed E-state index contributed by atoms with van der Waals surface area (Å²) in [5, 5.41) is 0. The van der Waals surface area contributed by atoms with Crippen LogP contribution >= 0.6 is 0 Å². The first-order chi connectivity index (χ1) is 9.62. The molecule has 0 aliphatic heterocycles. The van der Waals surface area contributed by atoms with E-state index in [-0.39, 0.29) is 5.75 Å². The minimum absolute atomic E-state index is 0.197. The van der Waals surface area contributed by atoms with Crippen LogP contribution in [0.1, 0.15) is 19.8 Å². The van der Waals surface area contributed by atoms with E-state index in [0.717, 1.165) is 12.2 Å². The Balaban J connectivity index is 2.10. The standard InChI is InChI=1S/C16H18O3S/c1-2-3-13-20(17,18)16-11-9-15(10-12-16)19-14-7-5-4-6-8-14/h4-12H,2-3,13H2,1H3. The molecule has 0 spiro atoms. The maximum Gasteiger partial charge on any atom is 0.178 e. The molecule has 0 aliphatic carbocycles. The van der Waals surface area contributed by atoms with Gasteiger partial charge in [-0.3, -0.25) is 0 Å². The fourth-order valence-corrected chi connectivity index (χ4v) is 3.25. The van der Waals surface area contributed by atoms with Gasteiger partial charge in [0.1, 0.15) is 11.5 Å². The van der Waals surface area contributed by atoms with Crippen molar-refractivity contribution in [3.8, 4) is 11.5 Å². The Hall–Kier alpha value is -1.81. The zero-order chi connectivity index (χ0) is 14.4. The van der Waals surface area contributed by atoms with Crippen LogP contribution < -0.4 is 4.74 Å². The molecule has 0 aliphatic rings. The zero-order valence-electron chi connectivity index (χ0n) is 11.5. The molecule has 20 heavy (non-hydrogen) atoms. The lowest BCUT2D eigenvalue weighted by Crippen LogP contribution is -2.06. The number of para-hydroxylation sites is 1. The van der Waals surface area contributed by atoms with Crippen LogP contribution in [0.2, 0.25) is 0 Å². The summed E-state index contributed by atoms with van der Waals surface area (Å²) >= 11 is 0. The molecule has 0 amide bonds. The average molecular weight is 290 g/mol. The molecule has 2 rings (SSSR count). The highest BCUT2D eigenvalue weighted by Crippen LogP contribution is 2.23. The lowest BCUT2D eigenvalue weighted by molar-refractivity contribution is 0.482. The summed E-state index contributed by atoms with van der Waals surface area (Å²) in [5.41, 5.74) is 0. The second-order valence-corrected chi connectivity index (χ2v) is 6.67. The highest BCUT2D eigenvalue weighted by molar-refractivity contribution is 7.91. The van der Waals surface area contributed by atoms with E-state index in [9.17, 15) is 8.42 Å². The van der Waals surface area contributed by atoms with E-state index < -0.39 is 9.84 Å². The van der Waals surface area contributed by atoms with Gasteiger partial charge in [-0.2, -0.15) is 0 Å². The number of rotatable bonds is 6. The summed E-state index contributed by atoms with van der Waals surface area (Å²) in [6.45, 7) is 1.98. The van der Waals surface area contributed by atoms with Crippen molar-refractivity contribution in [2.45, 2.75) is 24.7 Å². The number of hydrogen-bond donors (Lipinski definition) is 0. The third-order valence-electron chi connectivity index (χ3n) is 2.93. The SMILES string of the molecule is CCCCS(=O)(=O)c1ccc(Oc2ccccc2)cc1. The smallest absolute Gasteiger partial charge is 0.178 e. The first-order valence-corrected chi connectivity index (χ1v) is 8.33. The highest BCUT2D eigenvalue weighted by Gasteiger charge is 2.13. The van der Waals surface area contributed by atoms with Gasteiger partial charge in [0.15, 0.2) is 9.84 Å². The molecule has 0 unspecified atom stereocenters. The lowest BCUT2D eigenvalue weighted by Gasteiger charge is -2.07. The summed E-state index contributed by atoms with van der Waals surface area (Å²) in [6.07, 6.45) is 1.55. The van der Waals surface area contributed by atoms with E-state index >= 15 is 0 Å². The molecule has 0 saturated carbocycles. The van der Waals surface area contributed by atoms with Crippen LogP contribution in [0.15, 0.2) is 59.5 Å². The monoisotopic (exact) mass is 290 g/mol. The number of hydrogen-bond acceptors (Lipinski definition) is 3. The van der Waals surface area contributed by atoms with E-state index in [0.29, 0.717) is 17.1 Å². The predicted molar refractivity (Wildman–Crippen MR) is 79.9 cm³/mol. The van der Waals surface area contributed by atoms with Crippen molar-refractivity contribution >= 4 is 9.84 Å². The maximum atomic E-state index is 12.0. The van der Waals surface area contributed by atoms with Gasteiger partial charge in [0.05, 0.1) is 10.6 Å². The summed E-state index contributed by atoms with van der Waals surface area (Å²) < 4.78 is 29.7. The van der Waals surface area contributed by atoms with Crippen molar-refractivity contribution < 1.29 is 13.2 Å². The van der Waals surface area contributed by atoms with E-state index in [2.05, 4.69) is 0 Å². The Morgan fingerprint density at radius 2 is 1.50 bits per heavy atom. The second kappa shape index (κ2) is 6.57. The molecule has 4 heteroatoms. The van der Waals surface area contributed by atoms with Gasteiger partial charge in [0, 0.05) is 0 Å². The molecule has 0 saturated heterocycles. The number of ether oxygens (including phenoxy) is 1. The highest BCUT2D eigenvalue weighted by atomic mass is 32.2. The Morgan fingerprint density at radius 3 is 2.10 bits per heavy atom. The topological polar surface area (TPSA) is 43.4 Å². The summed E-state index contributed by atoms with van der Waals surface area (Å²) in [7, 11) is -3.17. The van der Waals surface area contributed by atoms with Crippen LogP contribution in [-0.4, -0.2) is 14.2 Å². The molecular weight excluding hydrogens is 272 g/mol. The quantitative estimate of drug-likeness (QED) is 0.806. The number of benzene rings is 2. The Kier molecular flexibility index (Phi) is 4.79. The lowest BCUT2D eigenvalue weighted by atomic mass is 10.3. The van der Waals surface area contributed by atoms with E-state index in [1.807, 2.05) is 37.3 Å². The van der Waals surface area contributed by atoms with Gasteiger partial charge in [-0.15, -0.1) is 0 Å². The third-order valence-corrected chi connectivity index (χ3v) is 4.74. The molecular formula is C16H18O3S. The van der Waals surface area contributed by atoms with Gasteiger partial charge >= 0.3 is 0 Å². The van der Waals surface area contributed by atoms with Crippen LogP contribution in [0.3, 0.4) is 0 Å². The van der Waals surface area contributed by atoms with Crippen LogP contribution in [-0.2, 0) is 9.84 Å². The van der Waals surface area contributed by atoms with Crippen molar-refractivity contribution in [1.82, 2.24) is 0 Å². The van der Waals surface area contributed by atoms with Gasteiger partial charge in [-0.1, -0.05) is 31.5 Å². The average Bonchev–Trinajstić information content (AvgIpc) is 2.47. The van der Waals surface area contributed by atoms with Crippen LogP contribution in [0.5, 0.6) is 11.5 Å². The number of unbranched alkanes of at least 4 members (excludes halogenated alkanes) is 1. The molecule has 0 fully saturated rings. The van der Waals surface area contributed by atoms with Gasteiger partial charge < -0.3 is 4.74 Å². The third kappa shape index (κ3) is 3.84. The minimum Gasteiger partial charge on any atom is -0.457 e. The first-order valence-electron chi connectivity index (χ1n) is 6.67. The Morgan fingerprint density at radius 1 is 0.900 bits per heavy atom. The van der Waals surface area contributed by atoms with Gasteiger partial charge in [-0.05, 0) is 42.8 Å². The number of sulfone groups is 1. The summed E-state index contributed by atoms with van der Waals surface area (Å²) in [6, 6.07) is 16.0. The largest absolute Gasteiger partial charge is 0.457 e. The normalized spacial score (nSPS) is 11.2. The first kappa shape index (κ1) is 14.6. The van der Waals surface area contributed by atoms with Crippen LogP contribution in [0, 0.1) is 0 Å². The van der Waals surface area contributed by atoms with Gasteiger partial charge in [0.25, 0.3) is 0 Å². The van der Waals surface area contributed by atoms with Crippen molar-refractivity contribution in [2.24, 2.45) is 0 Å². The van der Waals surface area contributed by atoms with Crippen molar-refractivity contribution in [3.05, 3.63) is 54.6 Å².